The van der Waals surface area contributed by atoms with Gasteiger partial charge in [-0.3, -0.25) is 9.59 Å². The van der Waals surface area contributed by atoms with Crippen LogP contribution in [0.5, 0.6) is 0 Å². The largest absolute Gasteiger partial charge is 0.461 e. The lowest BCUT2D eigenvalue weighted by molar-refractivity contribution is 0.0640. The summed E-state index contributed by atoms with van der Waals surface area (Å²) in [6.45, 7) is 0.629. The van der Waals surface area contributed by atoms with Crippen molar-refractivity contribution in [3.05, 3.63) is 65.6 Å². The molecule has 0 aliphatic carbocycles. The molecule has 3 aromatic rings. The molecule has 144 valence electrons. The first-order valence-corrected chi connectivity index (χ1v) is 8.82. The van der Waals surface area contributed by atoms with E-state index in [4.69, 9.17) is 8.94 Å². The van der Waals surface area contributed by atoms with Crippen LogP contribution in [0.25, 0.3) is 11.5 Å². The number of benzene rings is 1. The van der Waals surface area contributed by atoms with Crippen molar-refractivity contribution in [2.24, 2.45) is 5.92 Å². The van der Waals surface area contributed by atoms with E-state index in [1.54, 1.807) is 17.0 Å². The molecule has 2 aromatic heterocycles. The average molecular weight is 386 g/mol. The van der Waals surface area contributed by atoms with Gasteiger partial charge in [0, 0.05) is 25.1 Å². The lowest BCUT2D eigenvalue weighted by Crippen LogP contribution is -2.40. The smallest absolute Gasteiger partial charge is 0.276 e. The Morgan fingerprint density at radius 2 is 1.86 bits per heavy atom. The number of hydrogen-bond donors (Lipinski definition) is 0. The van der Waals surface area contributed by atoms with Gasteiger partial charge in [-0.25, -0.2) is 8.78 Å². The number of aromatic nitrogens is 1. The van der Waals surface area contributed by atoms with Gasteiger partial charge < -0.3 is 13.8 Å². The molecule has 0 N–H and O–H groups in total. The fourth-order valence-corrected chi connectivity index (χ4v) is 3.32. The first-order chi connectivity index (χ1) is 13.5. The van der Waals surface area contributed by atoms with Crippen molar-refractivity contribution in [3.8, 4) is 11.5 Å². The molecule has 0 unspecified atom stereocenters. The van der Waals surface area contributed by atoms with Crippen LogP contribution in [0.4, 0.5) is 8.78 Å². The van der Waals surface area contributed by atoms with Gasteiger partial charge in [0.1, 0.15) is 11.6 Å². The van der Waals surface area contributed by atoms with Crippen molar-refractivity contribution < 1.29 is 27.3 Å². The summed E-state index contributed by atoms with van der Waals surface area (Å²) in [5.74, 6) is -1.80. The van der Waals surface area contributed by atoms with Crippen LogP contribution in [0.15, 0.2) is 51.6 Å². The maximum absolute atomic E-state index is 13.8. The summed E-state index contributed by atoms with van der Waals surface area (Å²) in [4.78, 5) is 26.7. The van der Waals surface area contributed by atoms with Crippen LogP contribution < -0.4 is 0 Å². The molecule has 0 radical (unpaired) electrons. The third kappa shape index (κ3) is 3.45. The number of piperidine rings is 1. The molecular formula is C20H16F2N2O4. The average Bonchev–Trinajstić information content (AvgIpc) is 3.40. The van der Waals surface area contributed by atoms with E-state index < -0.39 is 23.3 Å². The molecule has 3 heterocycles. The van der Waals surface area contributed by atoms with Gasteiger partial charge in [0.15, 0.2) is 17.2 Å². The van der Waals surface area contributed by atoms with Crippen LogP contribution in [-0.4, -0.2) is 34.8 Å². The molecule has 6 nitrogen and oxygen atoms in total. The Labute approximate surface area is 158 Å². The van der Waals surface area contributed by atoms with Gasteiger partial charge in [0.25, 0.3) is 5.91 Å². The van der Waals surface area contributed by atoms with Gasteiger partial charge >= 0.3 is 0 Å². The van der Waals surface area contributed by atoms with Gasteiger partial charge in [-0.1, -0.05) is 5.16 Å². The maximum atomic E-state index is 13.8. The second-order valence-electron chi connectivity index (χ2n) is 6.61. The number of nitrogens with zero attached hydrogens (tertiary/aromatic N) is 2. The van der Waals surface area contributed by atoms with Gasteiger partial charge in [-0.15, -0.1) is 0 Å². The normalized spacial score (nSPS) is 15.0. The lowest BCUT2D eigenvalue weighted by Gasteiger charge is -2.30. The summed E-state index contributed by atoms with van der Waals surface area (Å²) in [7, 11) is 0. The highest BCUT2D eigenvalue weighted by Gasteiger charge is 2.31. The molecule has 4 rings (SSSR count). The Morgan fingerprint density at radius 1 is 1.07 bits per heavy atom. The molecule has 1 aliphatic rings. The van der Waals surface area contributed by atoms with Crippen molar-refractivity contribution in [2.45, 2.75) is 12.8 Å². The van der Waals surface area contributed by atoms with Gasteiger partial charge in [0.2, 0.25) is 5.76 Å². The topological polar surface area (TPSA) is 76.6 Å². The number of ketones is 1. The van der Waals surface area contributed by atoms with Gasteiger partial charge in [-0.05, 0) is 43.2 Å². The van der Waals surface area contributed by atoms with E-state index in [-0.39, 0.29) is 17.2 Å². The number of hydrogen-bond acceptors (Lipinski definition) is 5. The molecule has 1 fully saturated rings. The molecular weight excluding hydrogens is 370 g/mol. The second-order valence-corrected chi connectivity index (χ2v) is 6.61. The highest BCUT2D eigenvalue weighted by molar-refractivity contribution is 5.98. The Hall–Kier alpha value is -3.29. The number of likely N-dealkylation sites (tertiary alicyclic amines) is 1. The minimum Gasteiger partial charge on any atom is -0.461 e. The van der Waals surface area contributed by atoms with Gasteiger partial charge in [-0.2, -0.15) is 0 Å². The zero-order chi connectivity index (χ0) is 19.7. The number of rotatable bonds is 4. The predicted octanol–water partition coefficient (Wildman–Crippen LogP) is 3.95. The Bertz CT molecular complexity index is 1010. The number of Topliss-reactive ketones (excluding diaryl/α,β-unsaturated/α-hetero) is 1. The molecule has 8 heteroatoms. The van der Waals surface area contributed by atoms with Crippen LogP contribution in [0.1, 0.15) is 33.7 Å². The summed E-state index contributed by atoms with van der Waals surface area (Å²) < 4.78 is 37.5. The number of amides is 1. The van der Waals surface area contributed by atoms with Crippen LogP contribution in [-0.2, 0) is 0 Å². The SMILES string of the molecule is O=C(c1cc(F)ccc1F)C1CCN(C(=O)c2cc(-c3ccco3)on2)CC1. The molecule has 28 heavy (non-hydrogen) atoms. The number of furan rings is 1. The van der Waals surface area contributed by atoms with Crippen LogP contribution >= 0.6 is 0 Å². The van der Waals surface area contributed by atoms with Crippen LogP contribution in [0, 0.1) is 17.6 Å². The molecule has 0 saturated carbocycles. The van der Waals surface area contributed by atoms with E-state index in [0.29, 0.717) is 37.5 Å². The first kappa shape index (κ1) is 18.1. The molecule has 0 atom stereocenters. The number of carbonyl (C=O) groups is 2. The first-order valence-electron chi connectivity index (χ1n) is 8.82. The quantitative estimate of drug-likeness (QED) is 0.635. The molecule has 1 aromatic carbocycles. The summed E-state index contributed by atoms with van der Waals surface area (Å²) in [5.41, 5.74) is -0.100. The lowest BCUT2D eigenvalue weighted by atomic mass is 9.88. The maximum Gasteiger partial charge on any atom is 0.276 e. The predicted molar refractivity (Wildman–Crippen MR) is 93.5 cm³/mol. The minimum absolute atomic E-state index is 0.146. The Balaban J connectivity index is 1.40. The fourth-order valence-electron chi connectivity index (χ4n) is 3.32. The third-order valence-corrected chi connectivity index (χ3v) is 4.84. The van der Waals surface area contributed by atoms with E-state index in [9.17, 15) is 18.4 Å². The third-order valence-electron chi connectivity index (χ3n) is 4.84. The monoisotopic (exact) mass is 386 g/mol. The Morgan fingerprint density at radius 3 is 2.57 bits per heavy atom. The van der Waals surface area contributed by atoms with E-state index in [0.717, 1.165) is 18.2 Å². The van der Waals surface area contributed by atoms with E-state index in [2.05, 4.69) is 5.16 Å². The summed E-state index contributed by atoms with van der Waals surface area (Å²) in [6.07, 6.45) is 2.22. The van der Waals surface area contributed by atoms with E-state index in [1.165, 1.54) is 12.3 Å². The zero-order valence-corrected chi connectivity index (χ0v) is 14.7. The van der Waals surface area contributed by atoms with Crippen LogP contribution in [0.3, 0.4) is 0 Å². The van der Waals surface area contributed by atoms with E-state index in [1.807, 2.05) is 0 Å². The molecule has 0 bridgehead atoms. The summed E-state index contributed by atoms with van der Waals surface area (Å²) in [6, 6.07) is 7.73. The fraction of sp³-hybridized carbons (Fsp3) is 0.250. The van der Waals surface area contributed by atoms with Crippen molar-refractivity contribution in [3.63, 3.8) is 0 Å². The molecule has 0 spiro atoms. The van der Waals surface area contributed by atoms with Crippen molar-refractivity contribution >= 4 is 11.7 Å². The summed E-state index contributed by atoms with van der Waals surface area (Å²) >= 11 is 0. The highest BCUT2D eigenvalue weighted by atomic mass is 19.1. The number of carbonyl (C=O) groups excluding carboxylic acids is 2. The molecule has 1 aliphatic heterocycles. The van der Waals surface area contributed by atoms with Crippen molar-refractivity contribution in [1.29, 1.82) is 0 Å². The zero-order valence-electron chi connectivity index (χ0n) is 14.7. The minimum atomic E-state index is -0.738. The van der Waals surface area contributed by atoms with Crippen LogP contribution in [0.2, 0.25) is 0 Å². The van der Waals surface area contributed by atoms with Gasteiger partial charge in [0.05, 0.1) is 11.8 Å². The highest BCUT2D eigenvalue weighted by Crippen LogP contribution is 2.26. The standard InChI is InChI=1S/C20H16F2N2O4/c21-13-3-4-15(22)14(10-13)19(25)12-5-7-24(8-6-12)20(26)16-11-18(28-23-16)17-2-1-9-27-17/h1-4,9-12H,5-8H2. The molecule has 1 saturated heterocycles. The van der Waals surface area contributed by atoms with Crippen molar-refractivity contribution in [2.75, 3.05) is 13.1 Å². The van der Waals surface area contributed by atoms with Crippen molar-refractivity contribution in [1.82, 2.24) is 10.1 Å². The molecule has 1 amide bonds. The number of halogens is 2. The summed E-state index contributed by atoms with van der Waals surface area (Å²) in [5, 5.41) is 3.79. The second kappa shape index (κ2) is 7.38. The Kier molecular flexibility index (Phi) is 4.77. The van der Waals surface area contributed by atoms with E-state index >= 15 is 0 Å².